The highest BCUT2D eigenvalue weighted by molar-refractivity contribution is 6.07. The van der Waals surface area contributed by atoms with Gasteiger partial charge in [-0.1, -0.05) is 12.1 Å². The number of benzene rings is 2. The zero-order chi connectivity index (χ0) is 22.8. The molecule has 2 aromatic carbocycles. The first-order valence-corrected chi connectivity index (χ1v) is 9.50. The van der Waals surface area contributed by atoms with E-state index < -0.39 is 17.6 Å². The number of rotatable bonds is 5. The number of alkyl halides is 3. The highest BCUT2D eigenvalue weighted by atomic mass is 19.4. The Bertz CT molecular complexity index is 1120. The van der Waals surface area contributed by atoms with E-state index in [0.717, 1.165) is 12.1 Å². The summed E-state index contributed by atoms with van der Waals surface area (Å²) < 4.78 is 40.3. The molecule has 6 nitrogen and oxygen atoms in total. The van der Waals surface area contributed by atoms with Crippen LogP contribution >= 0.6 is 0 Å². The lowest BCUT2D eigenvalue weighted by Crippen LogP contribution is -2.16. The van der Waals surface area contributed by atoms with Crippen molar-refractivity contribution in [3.8, 4) is 0 Å². The average molecular weight is 430 g/mol. The van der Waals surface area contributed by atoms with Gasteiger partial charge in [0.1, 0.15) is 0 Å². The minimum Gasteiger partial charge on any atom is -0.322 e. The molecule has 0 fully saturated rings. The zero-order valence-electron chi connectivity index (χ0n) is 17.1. The van der Waals surface area contributed by atoms with Crippen molar-refractivity contribution in [2.75, 3.05) is 10.6 Å². The molecule has 3 rings (SSSR count). The third kappa shape index (κ3) is 5.11. The Hall–Kier alpha value is -3.62. The van der Waals surface area contributed by atoms with Crippen molar-refractivity contribution in [2.24, 2.45) is 0 Å². The van der Waals surface area contributed by atoms with Gasteiger partial charge in [-0.2, -0.15) is 18.3 Å². The molecule has 0 saturated heterocycles. The fraction of sp³-hybridized carbons (Fsp3) is 0.227. The molecule has 0 atom stereocenters. The topological polar surface area (TPSA) is 76.0 Å². The summed E-state index contributed by atoms with van der Waals surface area (Å²) in [6, 6.07) is 10.6. The summed E-state index contributed by atoms with van der Waals surface area (Å²) >= 11 is 0. The minimum atomic E-state index is -4.51. The van der Waals surface area contributed by atoms with Crippen molar-refractivity contribution in [3.63, 3.8) is 0 Å². The molecule has 31 heavy (non-hydrogen) atoms. The molecule has 0 aliphatic rings. The van der Waals surface area contributed by atoms with E-state index in [1.165, 1.54) is 30.5 Å². The van der Waals surface area contributed by atoms with Crippen LogP contribution in [0.25, 0.3) is 0 Å². The fourth-order valence-electron chi connectivity index (χ4n) is 3.08. The van der Waals surface area contributed by atoms with Crippen molar-refractivity contribution in [1.29, 1.82) is 0 Å². The van der Waals surface area contributed by atoms with Crippen molar-refractivity contribution < 1.29 is 22.8 Å². The first kappa shape index (κ1) is 22.1. The number of aromatic nitrogens is 2. The summed E-state index contributed by atoms with van der Waals surface area (Å²) in [5, 5.41) is 9.37. The highest BCUT2D eigenvalue weighted by Crippen LogP contribution is 2.30. The van der Waals surface area contributed by atoms with Gasteiger partial charge in [-0.3, -0.25) is 14.3 Å². The number of hydrogen-bond acceptors (Lipinski definition) is 3. The van der Waals surface area contributed by atoms with Crippen LogP contribution in [0.2, 0.25) is 0 Å². The van der Waals surface area contributed by atoms with Crippen molar-refractivity contribution in [1.82, 2.24) is 9.78 Å². The Kier molecular flexibility index (Phi) is 6.14. The number of carbonyl (C=O) groups is 2. The average Bonchev–Trinajstić information content (AvgIpc) is 3.09. The summed E-state index contributed by atoms with van der Waals surface area (Å²) in [6.07, 6.45) is -3.03. The number of nitrogens with zero attached hydrogens (tertiary/aromatic N) is 2. The second kappa shape index (κ2) is 8.63. The molecular formula is C22H21F3N4O2. The van der Waals surface area contributed by atoms with Crippen LogP contribution in [0, 0.1) is 6.92 Å². The van der Waals surface area contributed by atoms with Gasteiger partial charge in [-0.15, -0.1) is 0 Å². The van der Waals surface area contributed by atoms with Crippen molar-refractivity contribution in [2.45, 2.75) is 33.0 Å². The van der Waals surface area contributed by atoms with Gasteiger partial charge < -0.3 is 10.6 Å². The molecule has 0 saturated carbocycles. The lowest BCUT2D eigenvalue weighted by atomic mass is 10.1. The SMILES string of the molecule is Cc1c(C(=O)Nc2cccc(C(=O)Nc3cccc(C(F)(F)F)c3)c2)cnn1C(C)C. The van der Waals surface area contributed by atoms with E-state index in [0.29, 0.717) is 16.9 Å². The van der Waals surface area contributed by atoms with E-state index in [-0.39, 0.29) is 23.2 Å². The Morgan fingerprint density at radius 3 is 2.19 bits per heavy atom. The van der Waals surface area contributed by atoms with Crippen molar-refractivity contribution >= 4 is 23.2 Å². The van der Waals surface area contributed by atoms with Crippen LogP contribution < -0.4 is 10.6 Å². The van der Waals surface area contributed by atoms with Gasteiger partial charge in [-0.25, -0.2) is 0 Å². The Balaban J connectivity index is 1.74. The second-order valence-corrected chi connectivity index (χ2v) is 7.25. The van der Waals surface area contributed by atoms with Crippen LogP contribution in [0.4, 0.5) is 24.5 Å². The van der Waals surface area contributed by atoms with Gasteiger partial charge in [0.05, 0.1) is 17.3 Å². The van der Waals surface area contributed by atoms with Gasteiger partial charge in [0.2, 0.25) is 0 Å². The Morgan fingerprint density at radius 2 is 1.58 bits per heavy atom. The van der Waals surface area contributed by atoms with Crippen LogP contribution in [-0.4, -0.2) is 21.6 Å². The number of halogens is 3. The minimum absolute atomic E-state index is 0.0194. The monoisotopic (exact) mass is 430 g/mol. The summed E-state index contributed by atoms with van der Waals surface area (Å²) in [6.45, 7) is 5.70. The molecule has 1 aromatic heterocycles. The lowest BCUT2D eigenvalue weighted by Gasteiger charge is -2.11. The second-order valence-electron chi connectivity index (χ2n) is 7.25. The third-order valence-electron chi connectivity index (χ3n) is 4.61. The summed E-state index contributed by atoms with van der Waals surface area (Å²) in [5.74, 6) is -0.973. The van der Waals surface area contributed by atoms with Crippen LogP contribution in [0.3, 0.4) is 0 Å². The van der Waals surface area contributed by atoms with Crippen LogP contribution in [0.5, 0.6) is 0 Å². The molecule has 0 radical (unpaired) electrons. The molecule has 2 amide bonds. The number of hydrogen-bond donors (Lipinski definition) is 2. The lowest BCUT2D eigenvalue weighted by molar-refractivity contribution is -0.137. The van der Waals surface area contributed by atoms with Gasteiger partial charge in [-0.05, 0) is 57.2 Å². The smallest absolute Gasteiger partial charge is 0.322 e. The maximum atomic E-state index is 12.9. The molecule has 9 heteroatoms. The number of anilines is 2. The predicted octanol–water partition coefficient (Wildman–Crippen LogP) is 5.30. The molecule has 0 aliphatic heterocycles. The van der Waals surface area contributed by atoms with Crippen LogP contribution in [-0.2, 0) is 6.18 Å². The molecule has 2 N–H and O–H groups in total. The molecule has 3 aromatic rings. The molecule has 0 aliphatic carbocycles. The van der Waals surface area contributed by atoms with Crippen LogP contribution in [0.15, 0.2) is 54.7 Å². The number of carbonyl (C=O) groups excluding carboxylic acids is 2. The molecule has 1 heterocycles. The van der Waals surface area contributed by atoms with E-state index in [1.807, 2.05) is 13.8 Å². The first-order valence-electron chi connectivity index (χ1n) is 9.50. The Labute approximate surface area is 177 Å². The number of nitrogens with one attached hydrogen (secondary N) is 2. The quantitative estimate of drug-likeness (QED) is 0.577. The Morgan fingerprint density at radius 1 is 0.968 bits per heavy atom. The maximum absolute atomic E-state index is 12.9. The van der Waals surface area contributed by atoms with Gasteiger partial charge in [0.25, 0.3) is 11.8 Å². The maximum Gasteiger partial charge on any atom is 0.416 e. The van der Waals surface area contributed by atoms with E-state index in [1.54, 1.807) is 23.7 Å². The van der Waals surface area contributed by atoms with E-state index >= 15 is 0 Å². The molecule has 0 spiro atoms. The largest absolute Gasteiger partial charge is 0.416 e. The van der Waals surface area contributed by atoms with E-state index in [4.69, 9.17) is 0 Å². The molecule has 162 valence electrons. The number of amides is 2. The molecular weight excluding hydrogens is 409 g/mol. The van der Waals surface area contributed by atoms with Gasteiger partial charge >= 0.3 is 6.18 Å². The third-order valence-corrected chi connectivity index (χ3v) is 4.61. The molecule has 0 bridgehead atoms. The van der Waals surface area contributed by atoms with Gasteiger partial charge in [0, 0.05) is 28.7 Å². The van der Waals surface area contributed by atoms with Crippen molar-refractivity contribution in [3.05, 3.63) is 77.1 Å². The molecule has 0 unspecified atom stereocenters. The van der Waals surface area contributed by atoms with E-state index in [9.17, 15) is 22.8 Å². The highest BCUT2D eigenvalue weighted by Gasteiger charge is 2.30. The van der Waals surface area contributed by atoms with Crippen LogP contribution in [0.1, 0.15) is 51.9 Å². The summed E-state index contributed by atoms with van der Waals surface area (Å²) in [5.41, 5.74) is 0.844. The predicted molar refractivity (Wildman–Crippen MR) is 111 cm³/mol. The summed E-state index contributed by atoms with van der Waals surface area (Å²) in [4.78, 5) is 25.1. The zero-order valence-corrected chi connectivity index (χ0v) is 17.1. The normalized spacial score (nSPS) is 11.5. The fourth-order valence-corrected chi connectivity index (χ4v) is 3.08. The summed E-state index contributed by atoms with van der Waals surface area (Å²) in [7, 11) is 0. The van der Waals surface area contributed by atoms with Gasteiger partial charge in [0.15, 0.2) is 0 Å². The van der Waals surface area contributed by atoms with E-state index in [2.05, 4.69) is 15.7 Å². The first-order chi connectivity index (χ1) is 14.6. The standard InChI is InChI=1S/C22H21F3N4O2/c1-13(2)29-14(3)19(12-26-29)21(31)28-17-8-4-6-15(10-17)20(30)27-18-9-5-7-16(11-18)22(23,24)25/h4-13H,1-3H3,(H,27,30)(H,28,31).